The van der Waals surface area contributed by atoms with E-state index in [1.165, 1.54) is 12.1 Å². The third-order valence-electron chi connectivity index (χ3n) is 4.57. The predicted octanol–water partition coefficient (Wildman–Crippen LogP) is 4.89. The van der Waals surface area contributed by atoms with Crippen molar-refractivity contribution in [1.82, 2.24) is 9.78 Å². The van der Waals surface area contributed by atoms with E-state index in [1.807, 2.05) is 20.8 Å². The third kappa shape index (κ3) is 3.88. The maximum atomic E-state index is 13.3. The van der Waals surface area contributed by atoms with Gasteiger partial charge in [-0.1, -0.05) is 45.2 Å². The van der Waals surface area contributed by atoms with Crippen LogP contribution in [0.5, 0.6) is 0 Å². The molecule has 1 aliphatic rings. The summed E-state index contributed by atoms with van der Waals surface area (Å²) in [6.45, 7) is 5.80. The summed E-state index contributed by atoms with van der Waals surface area (Å²) in [5, 5.41) is 4.48. The summed E-state index contributed by atoms with van der Waals surface area (Å²) in [5.41, 5.74) is 0.295. The molecule has 0 radical (unpaired) electrons. The number of nitrogens with one attached hydrogen (secondary N) is 1. The van der Waals surface area contributed by atoms with Gasteiger partial charge < -0.3 is 0 Å². The molecular formula is C18H23ClFN3O2S. The normalized spacial score (nSPS) is 16.2. The molecule has 8 heteroatoms. The molecule has 2 aromatic rings. The summed E-state index contributed by atoms with van der Waals surface area (Å²) in [7, 11) is -3.88. The highest BCUT2D eigenvalue weighted by atomic mass is 35.5. The van der Waals surface area contributed by atoms with Crippen molar-refractivity contribution in [2.24, 2.45) is 0 Å². The Morgan fingerprint density at radius 3 is 2.50 bits per heavy atom. The fraction of sp³-hybridized carbons (Fsp3) is 0.500. The van der Waals surface area contributed by atoms with E-state index in [-0.39, 0.29) is 21.6 Å². The Hall–Kier alpha value is -1.60. The Balaban J connectivity index is 2.00. The van der Waals surface area contributed by atoms with Gasteiger partial charge in [0.05, 0.1) is 22.4 Å². The maximum absolute atomic E-state index is 13.3. The van der Waals surface area contributed by atoms with Gasteiger partial charge in [0, 0.05) is 11.6 Å². The molecule has 0 spiro atoms. The molecule has 0 aliphatic heterocycles. The highest BCUT2D eigenvalue weighted by molar-refractivity contribution is 7.92. The number of rotatable bonds is 4. The van der Waals surface area contributed by atoms with Gasteiger partial charge >= 0.3 is 0 Å². The van der Waals surface area contributed by atoms with E-state index >= 15 is 0 Å². The number of hydrogen-bond donors (Lipinski definition) is 1. The number of halogens is 2. The van der Waals surface area contributed by atoms with Gasteiger partial charge in [-0.2, -0.15) is 5.10 Å². The quantitative estimate of drug-likeness (QED) is 0.796. The molecular weight excluding hydrogens is 377 g/mol. The molecule has 1 aliphatic carbocycles. The number of anilines is 1. The number of sulfonamides is 1. The Bertz CT molecular complexity index is 913. The third-order valence-corrected chi connectivity index (χ3v) is 6.24. The van der Waals surface area contributed by atoms with Crippen molar-refractivity contribution < 1.29 is 12.8 Å². The van der Waals surface area contributed by atoms with Crippen LogP contribution in [0, 0.1) is 5.82 Å². The van der Waals surface area contributed by atoms with Gasteiger partial charge in [-0.3, -0.25) is 9.40 Å². The van der Waals surface area contributed by atoms with Gasteiger partial charge in [0.15, 0.2) is 0 Å². The van der Waals surface area contributed by atoms with Crippen LogP contribution in [-0.2, 0) is 15.4 Å². The first-order valence-electron chi connectivity index (χ1n) is 8.65. The minimum Gasteiger partial charge on any atom is -0.279 e. The van der Waals surface area contributed by atoms with Crippen LogP contribution in [0.2, 0.25) is 5.02 Å². The van der Waals surface area contributed by atoms with Crippen LogP contribution in [0.15, 0.2) is 29.3 Å². The first kappa shape index (κ1) is 19.2. The summed E-state index contributed by atoms with van der Waals surface area (Å²) < 4.78 is 43.6. The first-order valence-corrected chi connectivity index (χ1v) is 10.5. The van der Waals surface area contributed by atoms with Crippen molar-refractivity contribution in [1.29, 1.82) is 0 Å². The zero-order chi connectivity index (χ0) is 19.1. The second-order valence-corrected chi connectivity index (χ2v) is 9.80. The number of aromatic nitrogens is 2. The molecule has 0 saturated heterocycles. The van der Waals surface area contributed by atoms with E-state index in [1.54, 1.807) is 10.9 Å². The lowest BCUT2D eigenvalue weighted by Gasteiger charge is -2.18. The van der Waals surface area contributed by atoms with Crippen molar-refractivity contribution in [3.63, 3.8) is 0 Å². The summed E-state index contributed by atoms with van der Waals surface area (Å²) in [4.78, 5) is 0.150. The van der Waals surface area contributed by atoms with Gasteiger partial charge in [0.1, 0.15) is 10.7 Å². The molecule has 5 nitrogen and oxygen atoms in total. The summed E-state index contributed by atoms with van der Waals surface area (Å²) >= 11 is 5.76. The fourth-order valence-electron chi connectivity index (χ4n) is 3.22. The van der Waals surface area contributed by atoms with Crippen LogP contribution in [0.1, 0.15) is 58.2 Å². The van der Waals surface area contributed by atoms with Crippen molar-refractivity contribution >= 4 is 27.3 Å². The molecule has 1 aromatic carbocycles. The second-order valence-electron chi connectivity index (χ2n) is 7.74. The standard InChI is InChI=1S/C18H23ClFN3O2S/c1-18(2,3)17-16(11-23(21-17)13-6-4-5-7-13)26(24,25)22-12-8-9-15(20)14(19)10-12/h8-11,13,22H,4-7H2,1-3H3. The molecule has 26 heavy (non-hydrogen) atoms. The van der Waals surface area contributed by atoms with Crippen molar-refractivity contribution in [2.75, 3.05) is 4.72 Å². The Kier molecular flexibility index (Phi) is 5.05. The van der Waals surface area contributed by atoms with Gasteiger partial charge in [-0.05, 0) is 31.0 Å². The molecule has 1 aromatic heterocycles. The van der Waals surface area contributed by atoms with Gasteiger partial charge in [0.25, 0.3) is 10.0 Å². The minimum atomic E-state index is -3.88. The van der Waals surface area contributed by atoms with Crippen molar-refractivity contribution in [2.45, 2.75) is 62.8 Å². The molecule has 1 heterocycles. The van der Waals surface area contributed by atoms with E-state index in [2.05, 4.69) is 9.82 Å². The zero-order valence-corrected chi connectivity index (χ0v) is 16.7. The average Bonchev–Trinajstić information content (AvgIpc) is 3.18. The van der Waals surface area contributed by atoms with Gasteiger partial charge in [-0.25, -0.2) is 12.8 Å². The molecule has 1 saturated carbocycles. The zero-order valence-electron chi connectivity index (χ0n) is 15.1. The predicted molar refractivity (Wildman–Crippen MR) is 101 cm³/mol. The molecule has 0 bridgehead atoms. The van der Waals surface area contributed by atoms with E-state index in [0.717, 1.165) is 31.7 Å². The van der Waals surface area contributed by atoms with Crippen LogP contribution in [0.25, 0.3) is 0 Å². The Morgan fingerprint density at radius 1 is 1.27 bits per heavy atom. The molecule has 1 N–H and O–H groups in total. The topological polar surface area (TPSA) is 64.0 Å². The van der Waals surface area contributed by atoms with Gasteiger partial charge in [-0.15, -0.1) is 0 Å². The SMILES string of the molecule is CC(C)(C)c1nn(C2CCCC2)cc1S(=O)(=O)Nc1ccc(F)c(Cl)c1. The highest BCUT2D eigenvalue weighted by Crippen LogP contribution is 2.34. The molecule has 3 rings (SSSR count). The number of benzene rings is 1. The first-order chi connectivity index (χ1) is 12.1. The highest BCUT2D eigenvalue weighted by Gasteiger charge is 2.32. The second kappa shape index (κ2) is 6.85. The Morgan fingerprint density at radius 2 is 1.92 bits per heavy atom. The largest absolute Gasteiger partial charge is 0.279 e. The lowest BCUT2D eigenvalue weighted by atomic mass is 9.92. The molecule has 142 valence electrons. The van der Waals surface area contributed by atoms with E-state index < -0.39 is 21.3 Å². The lowest BCUT2D eigenvalue weighted by Crippen LogP contribution is -2.20. The van der Waals surface area contributed by atoms with Gasteiger partial charge in [0.2, 0.25) is 0 Å². The molecule has 0 amide bonds. The van der Waals surface area contributed by atoms with Crippen LogP contribution in [-0.4, -0.2) is 18.2 Å². The van der Waals surface area contributed by atoms with Crippen LogP contribution in [0.3, 0.4) is 0 Å². The van der Waals surface area contributed by atoms with E-state index in [9.17, 15) is 12.8 Å². The van der Waals surface area contributed by atoms with Crippen LogP contribution >= 0.6 is 11.6 Å². The van der Waals surface area contributed by atoms with Crippen LogP contribution < -0.4 is 4.72 Å². The van der Waals surface area contributed by atoms with Crippen LogP contribution in [0.4, 0.5) is 10.1 Å². The summed E-state index contributed by atoms with van der Waals surface area (Å²) in [5.74, 6) is -0.598. The molecule has 1 fully saturated rings. The number of hydrogen-bond acceptors (Lipinski definition) is 3. The summed E-state index contributed by atoms with van der Waals surface area (Å²) in [6, 6.07) is 3.97. The average molecular weight is 400 g/mol. The number of nitrogens with zero attached hydrogens (tertiary/aromatic N) is 2. The van der Waals surface area contributed by atoms with Crippen molar-refractivity contribution in [3.8, 4) is 0 Å². The maximum Gasteiger partial charge on any atom is 0.265 e. The van der Waals surface area contributed by atoms with E-state index in [0.29, 0.717) is 5.69 Å². The smallest absolute Gasteiger partial charge is 0.265 e. The lowest BCUT2D eigenvalue weighted by molar-refractivity contribution is 0.448. The molecule has 0 atom stereocenters. The minimum absolute atomic E-state index is 0.136. The summed E-state index contributed by atoms with van der Waals surface area (Å²) in [6.07, 6.45) is 5.88. The monoisotopic (exact) mass is 399 g/mol. The van der Waals surface area contributed by atoms with Crippen molar-refractivity contribution in [3.05, 3.63) is 40.9 Å². The fourth-order valence-corrected chi connectivity index (χ4v) is 4.79. The Labute approximate surface area is 158 Å². The molecule has 0 unspecified atom stereocenters. The van der Waals surface area contributed by atoms with E-state index in [4.69, 9.17) is 11.6 Å².